The Morgan fingerprint density at radius 2 is 1.86 bits per heavy atom. The summed E-state index contributed by atoms with van der Waals surface area (Å²) in [4.78, 5) is 10.7. The molecule has 0 aliphatic heterocycles. The van der Waals surface area contributed by atoms with Crippen LogP contribution in [0.3, 0.4) is 0 Å². The first-order chi connectivity index (χ1) is 9.70. The summed E-state index contributed by atoms with van der Waals surface area (Å²) in [5, 5.41) is 19.7. The Morgan fingerprint density at radius 1 is 1.19 bits per heavy atom. The molecule has 0 amide bonds. The molecule has 1 aromatic carbocycles. The lowest BCUT2D eigenvalue weighted by atomic mass is 10.1. The van der Waals surface area contributed by atoms with Crippen molar-refractivity contribution in [1.29, 1.82) is 0 Å². The largest absolute Gasteiger partial charge is 0.508 e. The van der Waals surface area contributed by atoms with Crippen molar-refractivity contribution in [3.05, 3.63) is 39.6 Å². The molecule has 2 rings (SSSR count). The highest BCUT2D eigenvalue weighted by Crippen LogP contribution is 2.28. The van der Waals surface area contributed by atoms with Crippen LogP contribution < -0.4 is 4.72 Å². The van der Waals surface area contributed by atoms with Gasteiger partial charge in [0.1, 0.15) is 10.6 Å². The molecular formula is C13H13NO5S2. The second kappa shape index (κ2) is 5.38. The van der Waals surface area contributed by atoms with Gasteiger partial charge in [0.25, 0.3) is 10.0 Å². The highest BCUT2D eigenvalue weighted by Gasteiger charge is 2.19. The first kappa shape index (κ1) is 15.3. The van der Waals surface area contributed by atoms with E-state index >= 15 is 0 Å². The number of phenolic OH excluding ortho intramolecular Hbond substituents is 1. The van der Waals surface area contributed by atoms with Crippen molar-refractivity contribution in [1.82, 2.24) is 0 Å². The predicted molar refractivity (Wildman–Crippen MR) is 79.7 cm³/mol. The summed E-state index contributed by atoms with van der Waals surface area (Å²) in [5.74, 6) is -1.09. The minimum absolute atomic E-state index is 0.0472. The lowest BCUT2D eigenvalue weighted by Crippen LogP contribution is -2.13. The van der Waals surface area contributed by atoms with Gasteiger partial charge in [0.15, 0.2) is 0 Å². The number of hydrogen-bond donors (Lipinski definition) is 3. The molecule has 0 bridgehead atoms. The van der Waals surface area contributed by atoms with E-state index < -0.39 is 16.0 Å². The fourth-order valence-electron chi connectivity index (χ4n) is 1.69. The number of carbonyl (C=O) groups is 1. The van der Waals surface area contributed by atoms with Crippen molar-refractivity contribution in [2.75, 3.05) is 4.72 Å². The smallest absolute Gasteiger partial charge is 0.345 e. The molecule has 2 aromatic rings. The number of hydrogen-bond acceptors (Lipinski definition) is 5. The topological polar surface area (TPSA) is 104 Å². The SMILES string of the molecule is Cc1cc(NS(=O)(=O)c2csc(C(=O)O)c2)c(C)cc1O. The Bertz CT molecular complexity index is 808. The zero-order valence-corrected chi connectivity index (χ0v) is 12.9. The first-order valence-corrected chi connectivity index (χ1v) is 8.22. The van der Waals surface area contributed by atoms with Crippen LogP contribution in [0.4, 0.5) is 5.69 Å². The number of aromatic hydroxyl groups is 1. The Labute approximate surface area is 125 Å². The average molecular weight is 327 g/mol. The number of carboxylic acid groups (broad SMARTS) is 1. The molecule has 0 saturated carbocycles. The number of benzene rings is 1. The van der Waals surface area contributed by atoms with Crippen LogP contribution in [0.2, 0.25) is 0 Å². The van der Waals surface area contributed by atoms with E-state index in [2.05, 4.69) is 4.72 Å². The maximum Gasteiger partial charge on any atom is 0.345 e. The van der Waals surface area contributed by atoms with Gasteiger partial charge in [-0.05, 0) is 43.2 Å². The van der Waals surface area contributed by atoms with Crippen LogP contribution in [0.15, 0.2) is 28.5 Å². The Morgan fingerprint density at radius 3 is 2.43 bits per heavy atom. The standard InChI is InChI=1S/C13H13NO5S2/c1-7-4-11(15)8(2)3-10(7)14-21(18,19)9-5-12(13(16)17)20-6-9/h3-6,14-15H,1-2H3,(H,16,17). The van der Waals surface area contributed by atoms with Crippen LogP contribution in [-0.2, 0) is 10.0 Å². The number of anilines is 1. The number of aryl methyl sites for hydroxylation is 2. The van der Waals surface area contributed by atoms with Gasteiger partial charge in [0.05, 0.1) is 10.6 Å². The molecule has 1 aromatic heterocycles. The molecule has 0 saturated heterocycles. The Hall–Kier alpha value is -2.06. The molecule has 0 fully saturated rings. The van der Waals surface area contributed by atoms with Gasteiger partial charge in [-0.15, -0.1) is 11.3 Å². The van der Waals surface area contributed by atoms with Gasteiger partial charge < -0.3 is 10.2 Å². The van der Waals surface area contributed by atoms with Crippen molar-refractivity contribution in [2.24, 2.45) is 0 Å². The molecule has 21 heavy (non-hydrogen) atoms. The van der Waals surface area contributed by atoms with Crippen LogP contribution in [0.5, 0.6) is 5.75 Å². The third-order valence-electron chi connectivity index (χ3n) is 2.88. The van der Waals surface area contributed by atoms with Crippen molar-refractivity contribution in [3.63, 3.8) is 0 Å². The minimum Gasteiger partial charge on any atom is -0.508 e. The van der Waals surface area contributed by atoms with Gasteiger partial charge in [-0.25, -0.2) is 13.2 Å². The molecule has 8 heteroatoms. The number of sulfonamides is 1. The third-order valence-corrected chi connectivity index (χ3v) is 5.30. The quantitative estimate of drug-likeness (QED) is 0.749. The molecule has 1 heterocycles. The van der Waals surface area contributed by atoms with E-state index in [0.717, 1.165) is 17.4 Å². The number of thiophene rings is 1. The number of nitrogens with one attached hydrogen (secondary N) is 1. The molecule has 0 aliphatic carbocycles. The fraction of sp³-hybridized carbons (Fsp3) is 0.154. The Balaban J connectivity index is 2.37. The molecular weight excluding hydrogens is 314 g/mol. The highest BCUT2D eigenvalue weighted by molar-refractivity contribution is 7.92. The van der Waals surface area contributed by atoms with Crippen LogP contribution in [0, 0.1) is 13.8 Å². The summed E-state index contributed by atoms with van der Waals surface area (Å²) in [7, 11) is -3.86. The molecule has 112 valence electrons. The van der Waals surface area contributed by atoms with Crippen LogP contribution in [0.25, 0.3) is 0 Å². The van der Waals surface area contributed by atoms with E-state index in [-0.39, 0.29) is 15.5 Å². The monoisotopic (exact) mass is 327 g/mol. The molecule has 0 spiro atoms. The van der Waals surface area contributed by atoms with Gasteiger partial charge >= 0.3 is 5.97 Å². The summed E-state index contributed by atoms with van der Waals surface area (Å²) in [6.07, 6.45) is 0. The highest BCUT2D eigenvalue weighted by atomic mass is 32.2. The van der Waals surface area contributed by atoms with Crippen molar-refractivity contribution >= 4 is 33.0 Å². The summed E-state index contributed by atoms with van der Waals surface area (Å²) < 4.78 is 26.9. The zero-order chi connectivity index (χ0) is 15.8. The summed E-state index contributed by atoms with van der Waals surface area (Å²) >= 11 is 0.846. The zero-order valence-electron chi connectivity index (χ0n) is 11.2. The fourth-order valence-corrected chi connectivity index (χ4v) is 3.92. The molecule has 0 aliphatic rings. The van der Waals surface area contributed by atoms with E-state index in [1.54, 1.807) is 13.8 Å². The molecule has 0 unspecified atom stereocenters. The van der Waals surface area contributed by atoms with Crippen molar-refractivity contribution in [3.8, 4) is 5.75 Å². The van der Waals surface area contributed by atoms with Gasteiger partial charge in [-0.2, -0.15) is 0 Å². The van der Waals surface area contributed by atoms with Gasteiger partial charge in [0.2, 0.25) is 0 Å². The maximum atomic E-state index is 12.2. The minimum atomic E-state index is -3.86. The van der Waals surface area contributed by atoms with Crippen LogP contribution in [-0.4, -0.2) is 24.6 Å². The molecule has 0 atom stereocenters. The van der Waals surface area contributed by atoms with Crippen molar-refractivity contribution < 1.29 is 23.4 Å². The number of aromatic carboxylic acids is 1. The first-order valence-electron chi connectivity index (χ1n) is 5.85. The van der Waals surface area contributed by atoms with Crippen LogP contribution in [0.1, 0.15) is 20.8 Å². The second-order valence-electron chi connectivity index (χ2n) is 4.51. The lowest BCUT2D eigenvalue weighted by molar-refractivity contribution is 0.0702. The second-order valence-corrected chi connectivity index (χ2v) is 7.10. The predicted octanol–water partition coefficient (Wildman–Crippen LogP) is 2.57. The van der Waals surface area contributed by atoms with Crippen LogP contribution >= 0.6 is 11.3 Å². The van der Waals surface area contributed by atoms with Gasteiger partial charge in [0, 0.05) is 5.38 Å². The summed E-state index contributed by atoms with van der Waals surface area (Å²) in [5.41, 5.74) is 1.44. The van der Waals surface area contributed by atoms with Crippen molar-refractivity contribution in [2.45, 2.75) is 18.7 Å². The molecule has 6 nitrogen and oxygen atoms in total. The van der Waals surface area contributed by atoms with E-state index in [0.29, 0.717) is 16.8 Å². The van der Waals surface area contributed by atoms with Gasteiger partial charge in [-0.3, -0.25) is 4.72 Å². The average Bonchev–Trinajstić information content (AvgIpc) is 2.86. The molecule has 3 N–H and O–H groups in total. The number of carboxylic acids is 1. The summed E-state index contributed by atoms with van der Waals surface area (Å²) in [6, 6.07) is 4.09. The lowest BCUT2D eigenvalue weighted by Gasteiger charge is -2.11. The Kier molecular flexibility index (Phi) is 3.93. The molecule has 0 radical (unpaired) electrons. The number of phenols is 1. The van der Waals surface area contributed by atoms with E-state index in [9.17, 15) is 18.3 Å². The normalized spacial score (nSPS) is 11.3. The third kappa shape index (κ3) is 3.17. The maximum absolute atomic E-state index is 12.2. The van der Waals surface area contributed by atoms with E-state index in [1.807, 2.05) is 0 Å². The van der Waals surface area contributed by atoms with E-state index in [1.165, 1.54) is 17.5 Å². The van der Waals surface area contributed by atoms with Gasteiger partial charge in [-0.1, -0.05) is 0 Å². The van der Waals surface area contributed by atoms with E-state index in [4.69, 9.17) is 5.11 Å². The summed E-state index contributed by atoms with van der Waals surface area (Å²) in [6.45, 7) is 3.31. The number of rotatable bonds is 4.